The molecule has 0 amide bonds. The molecule has 6 heteroatoms. The summed E-state index contributed by atoms with van der Waals surface area (Å²) in [4.78, 5) is 8.22. The second-order valence-electron chi connectivity index (χ2n) is 4.01. The van der Waals surface area contributed by atoms with E-state index in [1.165, 1.54) is 0 Å². The second-order valence-corrected chi connectivity index (χ2v) is 4.45. The lowest BCUT2D eigenvalue weighted by molar-refractivity contribution is 1.08. The summed E-state index contributed by atoms with van der Waals surface area (Å²) in [6, 6.07) is 9.48. The molecular weight excluding hydrogens is 262 g/mol. The Balaban J connectivity index is 2.06. The number of nitrogens with two attached hydrogens (primary N) is 1. The Labute approximate surface area is 117 Å². The van der Waals surface area contributed by atoms with E-state index in [0.717, 1.165) is 17.1 Å². The quantitative estimate of drug-likeness (QED) is 0.783. The molecule has 0 fully saturated rings. The van der Waals surface area contributed by atoms with Crippen molar-refractivity contribution < 1.29 is 0 Å². The van der Waals surface area contributed by atoms with Crippen molar-refractivity contribution in [2.45, 2.75) is 13.5 Å². The molecule has 2 aromatic rings. The van der Waals surface area contributed by atoms with E-state index < -0.39 is 0 Å². The average molecular weight is 278 g/mol. The van der Waals surface area contributed by atoms with Gasteiger partial charge in [0.15, 0.2) is 0 Å². The molecule has 0 spiro atoms. The van der Waals surface area contributed by atoms with Crippen LogP contribution in [0.5, 0.6) is 0 Å². The summed E-state index contributed by atoms with van der Waals surface area (Å²) in [6.45, 7) is 3.41. The zero-order valence-corrected chi connectivity index (χ0v) is 11.4. The van der Waals surface area contributed by atoms with Crippen LogP contribution in [-0.2, 0) is 6.54 Å². The minimum Gasteiger partial charge on any atom is -0.370 e. The highest BCUT2D eigenvalue weighted by molar-refractivity contribution is 6.30. The standard InChI is InChI=1S/C13H16ClN5/c1-2-16-11-7-12(19-13(15)18-11)17-8-9-4-3-5-10(14)6-9/h3-7H,2,8H2,1H3,(H4,15,16,17,18,19). The number of aromatic nitrogens is 2. The Morgan fingerprint density at radius 2 is 1.89 bits per heavy atom. The third-order valence-corrected chi connectivity index (χ3v) is 2.70. The smallest absolute Gasteiger partial charge is 0.223 e. The van der Waals surface area contributed by atoms with Crippen molar-refractivity contribution in [2.24, 2.45) is 0 Å². The summed E-state index contributed by atoms with van der Waals surface area (Å²) in [5.41, 5.74) is 6.74. The summed E-state index contributed by atoms with van der Waals surface area (Å²) >= 11 is 5.93. The lowest BCUT2D eigenvalue weighted by atomic mass is 10.2. The maximum atomic E-state index is 5.93. The van der Waals surface area contributed by atoms with Crippen LogP contribution in [0.2, 0.25) is 5.02 Å². The summed E-state index contributed by atoms with van der Waals surface area (Å²) in [5, 5.41) is 7.02. The van der Waals surface area contributed by atoms with E-state index >= 15 is 0 Å². The fraction of sp³-hybridized carbons (Fsp3) is 0.231. The first-order valence-electron chi connectivity index (χ1n) is 6.04. The van der Waals surface area contributed by atoms with Gasteiger partial charge in [0.25, 0.3) is 0 Å². The van der Waals surface area contributed by atoms with Crippen molar-refractivity contribution in [1.29, 1.82) is 0 Å². The van der Waals surface area contributed by atoms with Gasteiger partial charge >= 0.3 is 0 Å². The first kappa shape index (κ1) is 13.4. The third-order valence-electron chi connectivity index (χ3n) is 2.46. The molecule has 0 bridgehead atoms. The molecule has 4 N–H and O–H groups in total. The van der Waals surface area contributed by atoms with Crippen molar-refractivity contribution in [1.82, 2.24) is 9.97 Å². The highest BCUT2D eigenvalue weighted by atomic mass is 35.5. The molecule has 0 saturated carbocycles. The summed E-state index contributed by atoms with van der Waals surface area (Å²) < 4.78 is 0. The fourth-order valence-electron chi connectivity index (χ4n) is 1.67. The van der Waals surface area contributed by atoms with E-state index in [4.69, 9.17) is 17.3 Å². The molecule has 5 nitrogen and oxygen atoms in total. The molecule has 19 heavy (non-hydrogen) atoms. The monoisotopic (exact) mass is 277 g/mol. The normalized spacial score (nSPS) is 10.2. The molecule has 0 atom stereocenters. The van der Waals surface area contributed by atoms with Crippen molar-refractivity contribution in [3.63, 3.8) is 0 Å². The molecular formula is C13H16ClN5. The van der Waals surface area contributed by atoms with Crippen LogP contribution in [0, 0.1) is 0 Å². The Morgan fingerprint density at radius 1 is 1.16 bits per heavy atom. The van der Waals surface area contributed by atoms with Gasteiger partial charge in [-0.2, -0.15) is 9.97 Å². The van der Waals surface area contributed by atoms with Gasteiger partial charge in [0, 0.05) is 24.2 Å². The molecule has 0 aliphatic heterocycles. The molecule has 0 radical (unpaired) electrons. The number of nitrogens with one attached hydrogen (secondary N) is 2. The van der Waals surface area contributed by atoms with Crippen LogP contribution in [-0.4, -0.2) is 16.5 Å². The van der Waals surface area contributed by atoms with Crippen LogP contribution in [0.15, 0.2) is 30.3 Å². The maximum Gasteiger partial charge on any atom is 0.223 e. The third kappa shape index (κ3) is 3.99. The van der Waals surface area contributed by atoms with Crippen LogP contribution in [0.3, 0.4) is 0 Å². The van der Waals surface area contributed by atoms with Crippen LogP contribution >= 0.6 is 11.6 Å². The molecule has 0 saturated heterocycles. The number of benzene rings is 1. The molecule has 1 heterocycles. The summed E-state index contributed by atoms with van der Waals surface area (Å²) in [6.07, 6.45) is 0. The fourth-order valence-corrected chi connectivity index (χ4v) is 1.88. The topological polar surface area (TPSA) is 75.9 Å². The minimum absolute atomic E-state index is 0.243. The molecule has 0 aliphatic rings. The van der Waals surface area contributed by atoms with Crippen LogP contribution in [0.1, 0.15) is 12.5 Å². The predicted octanol–water partition coefficient (Wildman–Crippen LogP) is 2.76. The number of nitrogens with zero attached hydrogens (tertiary/aromatic N) is 2. The van der Waals surface area contributed by atoms with Crippen molar-refractivity contribution in [2.75, 3.05) is 22.9 Å². The Bertz CT molecular complexity index is 558. The Morgan fingerprint density at radius 3 is 2.58 bits per heavy atom. The van der Waals surface area contributed by atoms with Crippen molar-refractivity contribution >= 4 is 29.2 Å². The van der Waals surface area contributed by atoms with Gasteiger partial charge in [-0.15, -0.1) is 0 Å². The first-order chi connectivity index (χ1) is 9.17. The van der Waals surface area contributed by atoms with Gasteiger partial charge in [-0.1, -0.05) is 23.7 Å². The van der Waals surface area contributed by atoms with Crippen LogP contribution < -0.4 is 16.4 Å². The highest BCUT2D eigenvalue weighted by Gasteiger charge is 2.02. The number of rotatable bonds is 5. The van der Waals surface area contributed by atoms with E-state index in [1.807, 2.05) is 37.3 Å². The number of nitrogen functional groups attached to an aromatic ring is 1. The van der Waals surface area contributed by atoms with Gasteiger partial charge in [-0.3, -0.25) is 0 Å². The first-order valence-corrected chi connectivity index (χ1v) is 6.42. The Hall–Kier alpha value is -2.01. The van der Waals surface area contributed by atoms with Gasteiger partial charge < -0.3 is 16.4 Å². The van der Waals surface area contributed by atoms with E-state index in [1.54, 1.807) is 0 Å². The predicted molar refractivity (Wildman–Crippen MR) is 79.4 cm³/mol. The van der Waals surface area contributed by atoms with Gasteiger partial charge in [0.1, 0.15) is 11.6 Å². The second kappa shape index (κ2) is 6.24. The number of halogens is 1. The number of hydrogen-bond donors (Lipinski definition) is 3. The zero-order chi connectivity index (χ0) is 13.7. The lowest BCUT2D eigenvalue weighted by Crippen LogP contribution is -2.07. The van der Waals surface area contributed by atoms with Gasteiger partial charge in [-0.05, 0) is 24.6 Å². The molecule has 1 aromatic heterocycles. The van der Waals surface area contributed by atoms with E-state index in [9.17, 15) is 0 Å². The molecule has 100 valence electrons. The number of hydrogen-bond acceptors (Lipinski definition) is 5. The van der Waals surface area contributed by atoms with E-state index in [-0.39, 0.29) is 5.95 Å². The lowest BCUT2D eigenvalue weighted by Gasteiger charge is -2.09. The average Bonchev–Trinajstić information content (AvgIpc) is 2.36. The highest BCUT2D eigenvalue weighted by Crippen LogP contribution is 2.15. The van der Waals surface area contributed by atoms with E-state index in [2.05, 4.69) is 20.6 Å². The molecule has 0 unspecified atom stereocenters. The maximum absolute atomic E-state index is 5.93. The van der Waals surface area contributed by atoms with Crippen molar-refractivity contribution in [3.05, 3.63) is 40.9 Å². The molecule has 1 aromatic carbocycles. The minimum atomic E-state index is 0.243. The largest absolute Gasteiger partial charge is 0.370 e. The zero-order valence-electron chi connectivity index (χ0n) is 10.7. The Kier molecular flexibility index (Phi) is 4.41. The van der Waals surface area contributed by atoms with Gasteiger partial charge in [-0.25, -0.2) is 0 Å². The van der Waals surface area contributed by atoms with Crippen LogP contribution in [0.25, 0.3) is 0 Å². The summed E-state index contributed by atoms with van der Waals surface area (Å²) in [7, 11) is 0. The van der Waals surface area contributed by atoms with Gasteiger partial charge in [0.05, 0.1) is 0 Å². The van der Waals surface area contributed by atoms with Crippen molar-refractivity contribution in [3.8, 4) is 0 Å². The number of anilines is 3. The van der Waals surface area contributed by atoms with Gasteiger partial charge in [0.2, 0.25) is 5.95 Å². The van der Waals surface area contributed by atoms with E-state index in [0.29, 0.717) is 18.2 Å². The summed E-state index contributed by atoms with van der Waals surface area (Å²) in [5.74, 6) is 1.64. The van der Waals surface area contributed by atoms with Crippen LogP contribution in [0.4, 0.5) is 17.6 Å². The SMILES string of the molecule is CCNc1cc(NCc2cccc(Cl)c2)nc(N)n1. The molecule has 0 aliphatic carbocycles. The molecule has 2 rings (SSSR count).